The fourth-order valence-corrected chi connectivity index (χ4v) is 4.97. The molecule has 1 unspecified atom stereocenters. The Balaban J connectivity index is 1.86. The Hall–Kier alpha value is -2.78. The van der Waals surface area contributed by atoms with E-state index in [1.54, 1.807) is 0 Å². The number of nitrogens with two attached hydrogens (primary N) is 1. The topological polar surface area (TPSA) is 75.0 Å². The Bertz CT molecular complexity index is 1050. The quantitative estimate of drug-likeness (QED) is 0.721. The summed E-state index contributed by atoms with van der Waals surface area (Å²) in [6, 6.07) is 16.0. The SMILES string of the molecule is CCn1c(-c2ccc(N3CCCS3=O)cc2)c(C#N)c2ccc(N)cc21. The van der Waals surface area contributed by atoms with Gasteiger partial charge in [0.05, 0.1) is 16.8 Å². The highest BCUT2D eigenvalue weighted by atomic mass is 32.2. The Kier molecular flexibility index (Phi) is 4.17. The molecule has 1 fully saturated rings. The van der Waals surface area contributed by atoms with Crippen LogP contribution < -0.4 is 10.0 Å². The summed E-state index contributed by atoms with van der Waals surface area (Å²) >= 11 is 0. The molecule has 4 rings (SSSR count). The van der Waals surface area contributed by atoms with E-state index in [1.165, 1.54) is 0 Å². The van der Waals surface area contributed by atoms with Gasteiger partial charge in [-0.25, -0.2) is 4.21 Å². The molecule has 0 bridgehead atoms. The largest absolute Gasteiger partial charge is 0.399 e. The van der Waals surface area contributed by atoms with Crippen LogP contribution in [0, 0.1) is 11.3 Å². The van der Waals surface area contributed by atoms with Crippen molar-refractivity contribution in [3.8, 4) is 17.3 Å². The van der Waals surface area contributed by atoms with E-state index in [1.807, 2.05) is 46.8 Å². The average molecular weight is 364 g/mol. The smallest absolute Gasteiger partial charge is 0.119 e. The predicted molar refractivity (Wildman–Crippen MR) is 107 cm³/mol. The lowest BCUT2D eigenvalue weighted by Crippen LogP contribution is -2.19. The van der Waals surface area contributed by atoms with Crippen LogP contribution >= 0.6 is 0 Å². The molecule has 0 amide bonds. The molecular weight excluding hydrogens is 344 g/mol. The van der Waals surface area contributed by atoms with Crippen molar-refractivity contribution in [1.29, 1.82) is 5.26 Å². The Morgan fingerprint density at radius 1 is 1.23 bits per heavy atom. The third kappa shape index (κ3) is 2.56. The number of nitriles is 1. The number of nitrogens with zero attached hydrogens (tertiary/aromatic N) is 3. The standard InChI is InChI=1S/C20H20N4OS/c1-2-23-19-12-15(22)6-9-17(19)18(13-21)20(23)14-4-7-16(8-5-14)24-10-3-11-26(24)25/h4-9,12H,2-3,10-11,22H2,1H3. The van der Waals surface area contributed by atoms with Gasteiger partial charge < -0.3 is 10.3 Å². The van der Waals surface area contributed by atoms with Crippen molar-refractivity contribution in [2.75, 3.05) is 22.3 Å². The normalized spacial score (nSPS) is 16.9. The molecule has 3 aromatic rings. The molecule has 2 heterocycles. The van der Waals surface area contributed by atoms with Crippen molar-refractivity contribution in [1.82, 2.24) is 4.57 Å². The molecule has 1 aromatic heterocycles. The van der Waals surface area contributed by atoms with Gasteiger partial charge in [0.2, 0.25) is 0 Å². The third-order valence-electron chi connectivity index (χ3n) is 4.87. The van der Waals surface area contributed by atoms with Crippen molar-refractivity contribution in [2.24, 2.45) is 0 Å². The molecule has 132 valence electrons. The average Bonchev–Trinajstić information content (AvgIpc) is 3.22. The van der Waals surface area contributed by atoms with Gasteiger partial charge in [0.25, 0.3) is 0 Å². The van der Waals surface area contributed by atoms with Crippen molar-refractivity contribution in [3.05, 3.63) is 48.0 Å². The number of aromatic nitrogens is 1. The molecule has 1 aliphatic heterocycles. The van der Waals surface area contributed by atoms with Gasteiger partial charge in [-0.15, -0.1) is 0 Å². The number of rotatable bonds is 3. The number of benzene rings is 2. The van der Waals surface area contributed by atoms with E-state index in [-0.39, 0.29) is 0 Å². The first kappa shape index (κ1) is 16.7. The summed E-state index contributed by atoms with van der Waals surface area (Å²) in [7, 11) is -0.928. The van der Waals surface area contributed by atoms with Crippen molar-refractivity contribution in [2.45, 2.75) is 19.9 Å². The van der Waals surface area contributed by atoms with Crippen LogP contribution in [0.1, 0.15) is 18.9 Å². The van der Waals surface area contributed by atoms with Gasteiger partial charge in [0.15, 0.2) is 0 Å². The minimum absolute atomic E-state index is 0.666. The van der Waals surface area contributed by atoms with Crippen LogP contribution in [0.5, 0.6) is 0 Å². The second-order valence-electron chi connectivity index (χ2n) is 6.38. The van der Waals surface area contributed by atoms with Crippen LogP contribution in [0.3, 0.4) is 0 Å². The molecule has 0 saturated carbocycles. The van der Waals surface area contributed by atoms with Gasteiger partial charge >= 0.3 is 0 Å². The number of aryl methyl sites for hydroxylation is 1. The highest BCUT2D eigenvalue weighted by Gasteiger charge is 2.22. The van der Waals surface area contributed by atoms with E-state index in [9.17, 15) is 9.47 Å². The fourth-order valence-electron chi connectivity index (χ4n) is 3.68. The van der Waals surface area contributed by atoms with Gasteiger partial charge in [-0.05, 0) is 49.2 Å². The van der Waals surface area contributed by atoms with Crippen LogP contribution in [0.15, 0.2) is 42.5 Å². The van der Waals surface area contributed by atoms with E-state index in [0.29, 0.717) is 11.3 Å². The molecule has 0 radical (unpaired) electrons. The first-order valence-corrected chi connectivity index (χ1v) is 10.00. The van der Waals surface area contributed by atoms with E-state index >= 15 is 0 Å². The second-order valence-corrected chi connectivity index (χ2v) is 7.88. The van der Waals surface area contributed by atoms with Gasteiger partial charge in [-0.2, -0.15) is 5.26 Å². The molecule has 1 aliphatic rings. The van der Waals surface area contributed by atoms with E-state index in [0.717, 1.165) is 53.1 Å². The van der Waals surface area contributed by atoms with Crippen LogP contribution in [-0.2, 0) is 17.5 Å². The molecule has 2 aromatic carbocycles. The van der Waals surface area contributed by atoms with E-state index in [2.05, 4.69) is 17.6 Å². The number of fused-ring (bicyclic) bond motifs is 1. The minimum Gasteiger partial charge on any atom is -0.399 e. The highest BCUT2D eigenvalue weighted by molar-refractivity contribution is 7.86. The summed E-state index contributed by atoms with van der Waals surface area (Å²) in [6.07, 6.45) is 0.957. The van der Waals surface area contributed by atoms with E-state index < -0.39 is 11.0 Å². The maximum atomic E-state index is 12.1. The third-order valence-corrected chi connectivity index (χ3v) is 6.39. The number of hydrogen-bond donors (Lipinski definition) is 1. The number of anilines is 2. The number of hydrogen-bond acceptors (Lipinski definition) is 3. The van der Waals surface area contributed by atoms with E-state index in [4.69, 9.17) is 5.73 Å². The maximum absolute atomic E-state index is 12.1. The summed E-state index contributed by atoms with van der Waals surface area (Å²) < 4.78 is 16.1. The van der Waals surface area contributed by atoms with Crippen molar-refractivity contribution < 1.29 is 4.21 Å². The molecule has 0 spiro atoms. The zero-order valence-corrected chi connectivity index (χ0v) is 15.4. The van der Waals surface area contributed by atoms with Gasteiger partial charge in [0.1, 0.15) is 17.1 Å². The zero-order chi connectivity index (χ0) is 18.3. The first-order chi connectivity index (χ1) is 12.6. The summed E-state index contributed by atoms with van der Waals surface area (Å²) in [5.41, 5.74) is 11.1. The summed E-state index contributed by atoms with van der Waals surface area (Å²) in [5.74, 6) is 0.728. The first-order valence-electron chi connectivity index (χ1n) is 8.72. The summed E-state index contributed by atoms with van der Waals surface area (Å²) in [4.78, 5) is 0. The van der Waals surface area contributed by atoms with Crippen LogP contribution in [0.2, 0.25) is 0 Å². The fraction of sp³-hybridized carbons (Fsp3) is 0.250. The lowest BCUT2D eigenvalue weighted by molar-refractivity contribution is 0.685. The van der Waals surface area contributed by atoms with Crippen molar-refractivity contribution in [3.63, 3.8) is 0 Å². The lowest BCUT2D eigenvalue weighted by atomic mass is 10.1. The predicted octanol–water partition coefficient (Wildman–Crippen LogP) is 3.66. The molecular formula is C20H20N4OS. The molecule has 0 aliphatic carbocycles. The molecule has 6 heteroatoms. The Morgan fingerprint density at radius 3 is 2.62 bits per heavy atom. The summed E-state index contributed by atoms with van der Waals surface area (Å²) in [5, 5.41) is 10.7. The lowest BCUT2D eigenvalue weighted by Gasteiger charge is -2.16. The second kappa shape index (κ2) is 6.50. The minimum atomic E-state index is -0.928. The molecule has 2 N–H and O–H groups in total. The molecule has 1 saturated heterocycles. The molecule has 26 heavy (non-hydrogen) atoms. The van der Waals surface area contributed by atoms with Crippen molar-refractivity contribution >= 4 is 33.3 Å². The Labute approximate surface area is 155 Å². The van der Waals surface area contributed by atoms with Crippen LogP contribution in [-0.4, -0.2) is 21.1 Å². The molecule has 5 nitrogen and oxygen atoms in total. The highest BCUT2D eigenvalue weighted by Crippen LogP contribution is 2.35. The number of nitrogen functional groups attached to an aromatic ring is 1. The van der Waals surface area contributed by atoms with Gasteiger partial charge in [0, 0.05) is 35.6 Å². The van der Waals surface area contributed by atoms with Gasteiger partial charge in [-0.3, -0.25) is 4.31 Å². The summed E-state index contributed by atoms with van der Waals surface area (Å²) in [6.45, 7) is 3.63. The van der Waals surface area contributed by atoms with Crippen LogP contribution in [0.25, 0.3) is 22.2 Å². The molecule has 1 atom stereocenters. The Morgan fingerprint density at radius 2 is 2.00 bits per heavy atom. The monoisotopic (exact) mass is 364 g/mol. The zero-order valence-electron chi connectivity index (χ0n) is 14.6. The van der Waals surface area contributed by atoms with Gasteiger partial charge in [-0.1, -0.05) is 12.1 Å². The van der Waals surface area contributed by atoms with Crippen LogP contribution in [0.4, 0.5) is 11.4 Å². The maximum Gasteiger partial charge on any atom is 0.119 e.